The van der Waals surface area contributed by atoms with E-state index in [1.54, 1.807) is 31.3 Å². The minimum absolute atomic E-state index is 0.174. The molecule has 0 aromatic heterocycles. The summed E-state index contributed by atoms with van der Waals surface area (Å²) in [5.74, 6) is -0.599. The standard InChI is InChI=1S/C16H17F2NO/c1-10-4-6-13(17)12(8-10)16(19-2)11-5-7-15(20-3)14(18)9-11/h4-9,16,19H,1-3H3. The average molecular weight is 277 g/mol. The molecular formula is C16H17F2NO. The van der Waals surface area contributed by atoms with Crippen LogP contribution >= 0.6 is 0 Å². The number of ether oxygens (including phenoxy) is 1. The maximum Gasteiger partial charge on any atom is 0.165 e. The van der Waals surface area contributed by atoms with Gasteiger partial charge in [0.1, 0.15) is 5.82 Å². The van der Waals surface area contributed by atoms with Gasteiger partial charge in [0.05, 0.1) is 13.2 Å². The largest absolute Gasteiger partial charge is 0.494 e. The van der Waals surface area contributed by atoms with Gasteiger partial charge in [0.2, 0.25) is 0 Å². The molecule has 0 aliphatic rings. The van der Waals surface area contributed by atoms with Crippen LogP contribution in [0.2, 0.25) is 0 Å². The molecule has 0 aliphatic carbocycles. The van der Waals surface area contributed by atoms with Gasteiger partial charge < -0.3 is 10.1 Å². The Balaban J connectivity index is 2.46. The lowest BCUT2D eigenvalue weighted by Crippen LogP contribution is -2.19. The van der Waals surface area contributed by atoms with E-state index < -0.39 is 11.9 Å². The van der Waals surface area contributed by atoms with E-state index in [-0.39, 0.29) is 11.6 Å². The molecule has 4 heteroatoms. The maximum atomic E-state index is 14.0. The zero-order chi connectivity index (χ0) is 14.7. The number of methoxy groups -OCH3 is 1. The fourth-order valence-electron chi connectivity index (χ4n) is 2.25. The van der Waals surface area contributed by atoms with Gasteiger partial charge in [-0.15, -0.1) is 0 Å². The summed E-state index contributed by atoms with van der Waals surface area (Å²) in [5, 5.41) is 3.02. The summed E-state index contributed by atoms with van der Waals surface area (Å²) in [7, 11) is 3.13. The Labute approximate surface area is 117 Å². The minimum Gasteiger partial charge on any atom is -0.494 e. The second-order valence-corrected chi connectivity index (χ2v) is 4.64. The number of rotatable bonds is 4. The molecule has 1 unspecified atom stereocenters. The molecule has 0 fully saturated rings. The molecule has 2 aromatic carbocycles. The van der Waals surface area contributed by atoms with E-state index in [1.165, 1.54) is 19.2 Å². The van der Waals surface area contributed by atoms with Gasteiger partial charge in [-0.1, -0.05) is 23.8 Å². The predicted octanol–water partition coefficient (Wildman–Crippen LogP) is 3.59. The molecule has 0 saturated heterocycles. The highest BCUT2D eigenvalue weighted by molar-refractivity contribution is 5.38. The normalized spacial score (nSPS) is 12.2. The number of hydrogen-bond donors (Lipinski definition) is 1. The van der Waals surface area contributed by atoms with Crippen LogP contribution in [0.1, 0.15) is 22.7 Å². The lowest BCUT2D eigenvalue weighted by atomic mass is 9.96. The van der Waals surface area contributed by atoms with Crippen molar-refractivity contribution in [3.8, 4) is 5.75 Å². The summed E-state index contributed by atoms with van der Waals surface area (Å²) in [6.07, 6.45) is 0. The Morgan fingerprint density at radius 2 is 1.80 bits per heavy atom. The van der Waals surface area contributed by atoms with Crippen LogP contribution in [0.25, 0.3) is 0 Å². The molecule has 2 rings (SSSR count). The number of halogens is 2. The monoisotopic (exact) mass is 277 g/mol. The van der Waals surface area contributed by atoms with Gasteiger partial charge in [0.25, 0.3) is 0 Å². The van der Waals surface area contributed by atoms with Crippen LogP contribution in [0.4, 0.5) is 8.78 Å². The van der Waals surface area contributed by atoms with Crippen LogP contribution in [-0.2, 0) is 0 Å². The van der Waals surface area contributed by atoms with Crippen LogP contribution < -0.4 is 10.1 Å². The smallest absolute Gasteiger partial charge is 0.165 e. The average Bonchev–Trinajstić information content (AvgIpc) is 2.44. The molecule has 106 valence electrons. The Morgan fingerprint density at radius 1 is 1.05 bits per heavy atom. The highest BCUT2D eigenvalue weighted by Crippen LogP contribution is 2.28. The third-order valence-corrected chi connectivity index (χ3v) is 3.26. The topological polar surface area (TPSA) is 21.3 Å². The van der Waals surface area contributed by atoms with E-state index in [1.807, 2.05) is 6.92 Å². The van der Waals surface area contributed by atoms with Crippen molar-refractivity contribution in [2.45, 2.75) is 13.0 Å². The van der Waals surface area contributed by atoms with E-state index in [9.17, 15) is 8.78 Å². The van der Waals surface area contributed by atoms with Crippen LogP contribution in [0.15, 0.2) is 36.4 Å². The molecule has 0 amide bonds. The van der Waals surface area contributed by atoms with Crippen molar-refractivity contribution in [1.82, 2.24) is 5.32 Å². The first kappa shape index (κ1) is 14.5. The van der Waals surface area contributed by atoms with Crippen molar-refractivity contribution in [3.05, 3.63) is 64.7 Å². The van der Waals surface area contributed by atoms with Crippen molar-refractivity contribution in [2.75, 3.05) is 14.2 Å². The summed E-state index contributed by atoms with van der Waals surface area (Å²) in [6, 6.07) is 9.12. The van der Waals surface area contributed by atoms with Crippen molar-refractivity contribution in [3.63, 3.8) is 0 Å². The lowest BCUT2D eigenvalue weighted by molar-refractivity contribution is 0.386. The number of hydrogen-bond acceptors (Lipinski definition) is 2. The maximum absolute atomic E-state index is 14.0. The van der Waals surface area contributed by atoms with Crippen molar-refractivity contribution < 1.29 is 13.5 Å². The Morgan fingerprint density at radius 3 is 2.40 bits per heavy atom. The summed E-state index contributed by atoms with van der Waals surface area (Å²) >= 11 is 0. The van der Waals surface area contributed by atoms with E-state index >= 15 is 0 Å². The van der Waals surface area contributed by atoms with E-state index in [2.05, 4.69) is 5.32 Å². The van der Waals surface area contributed by atoms with Gasteiger partial charge >= 0.3 is 0 Å². The van der Waals surface area contributed by atoms with Crippen molar-refractivity contribution in [2.24, 2.45) is 0 Å². The highest BCUT2D eigenvalue weighted by Gasteiger charge is 2.18. The van der Waals surface area contributed by atoms with Crippen molar-refractivity contribution in [1.29, 1.82) is 0 Å². The summed E-state index contributed by atoms with van der Waals surface area (Å²) in [6.45, 7) is 1.89. The van der Waals surface area contributed by atoms with Crippen LogP contribution in [0.5, 0.6) is 5.75 Å². The molecular weight excluding hydrogens is 260 g/mol. The number of aryl methyl sites for hydroxylation is 1. The second-order valence-electron chi connectivity index (χ2n) is 4.64. The Bertz CT molecular complexity index is 613. The molecule has 0 heterocycles. The second kappa shape index (κ2) is 6.01. The van der Waals surface area contributed by atoms with Crippen LogP contribution in [0.3, 0.4) is 0 Å². The van der Waals surface area contributed by atoms with E-state index in [4.69, 9.17) is 4.74 Å². The minimum atomic E-state index is -0.460. The molecule has 0 radical (unpaired) electrons. The SMILES string of the molecule is CNC(c1ccc(OC)c(F)c1)c1cc(C)ccc1F. The fourth-order valence-corrected chi connectivity index (χ4v) is 2.25. The van der Waals surface area contributed by atoms with Gasteiger partial charge in [-0.25, -0.2) is 8.78 Å². The van der Waals surface area contributed by atoms with Gasteiger partial charge in [0.15, 0.2) is 11.6 Å². The molecule has 20 heavy (non-hydrogen) atoms. The first-order chi connectivity index (χ1) is 9.56. The van der Waals surface area contributed by atoms with Crippen LogP contribution in [-0.4, -0.2) is 14.2 Å². The van der Waals surface area contributed by atoms with Crippen LogP contribution in [0, 0.1) is 18.6 Å². The molecule has 0 saturated carbocycles. The van der Waals surface area contributed by atoms with Gasteiger partial charge in [-0.05, 0) is 37.7 Å². The third kappa shape index (κ3) is 2.80. The van der Waals surface area contributed by atoms with Crippen molar-refractivity contribution >= 4 is 0 Å². The highest BCUT2D eigenvalue weighted by atomic mass is 19.1. The summed E-state index contributed by atoms with van der Waals surface area (Å²) in [5.41, 5.74) is 2.10. The molecule has 2 nitrogen and oxygen atoms in total. The molecule has 0 spiro atoms. The molecule has 0 bridgehead atoms. The van der Waals surface area contributed by atoms with Gasteiger partial charge in [-0.3, -0.25) is 0 Å². The zero-order valence-corrected chi connectivity index (χ0v) is 11.7. The fraction of sp³-hybridized carbons (Fsp3) is 0.250. The van der Waals surface area contributed by atoms with E-state index in [0.717, 1.165) is 5.56 Å². The first-order valence-corrected chi connectivity index (χ1v) is 6.33. The molecule has 2 aromatic rings. The number of nitrogens with one attached hydrogen (secondary N) is 1. The summed E-state index contributed by atoms with van der Waals surface area (Å²) in [4.78, 5) is 0. The number of benzene rings is 2. The zero-order valence-electron chi connectivity index (χ0n) is 11.7. The van der Waals surface area contributed by atoms with E-state index in [0.29, 0.717) is 11.1 Å². The molecule has 1 atom stereocenters. The predicted molar refractivity (Wildman–Crippen MR) is 75.0 cm³/mol. The Hall–Kier alpha value is -1.94. The lowest BCUT2D eigenvalue weighted by Gasteiger charge is -2.19. The summed E-state index contributed by atoms with van der Waals surface area (Å²) < 4.78 is 32.7. The third-order valence-electron chi connectivity index (χ3n) is 3.26. The molecule has 0 aliphatic heterocycles. The molecule has 1 N–H and O–H groups in total. The Kier molecular flexibility index (Phi) is 4.35. The van der Waals surface area contributed by atoms with Gasteiger partial charge in [0, 0.05) is 5.56 Å². The first-order valence-electron chi connectivity index (χ1n) is 6.33. The quantitative estimate of drug-likeness (QED) is 0.922. The van der Waals surface area contributed by atoms with Gasteiger partial charge in [-0.2, -0.15) is 0 Å².